The fourth-order valence-electron chi connectivity index (χ4n) is 5.25. The van der Waals surface area contributed by atoms with Gasteiger partial charge in [-0.3, -0.25) is 4.98 Å². The molecular weight excluding hydrogens is 704 g/mol. The smallest absolute Gasteiger partial charge is 0.127 e. The average Bonchev–Trinajstić information content (AvgIpc) is 3.40. The first kappa shape index (κ1) is 27.3. The normalized spacial score (nSPS) is 11.7. The molecule has 0 aliphatic heterocycles. The van der Waals surface area contributed by atoms with E-state index in [1.165, 1.54) is 5.56 Å². The zero-order valence-corrected chi connectivity index (χ0v) is 26.0. The Labute approximate surface area is 257 Å². The van der Waals surface area contributed by atoms with Gasteiger partial charge in [0.25, 0.3) is 0 Å². The molecule has 204 valence electrons. The monoisotopic (exact) mass is 730 g/mol. The van der Waals surface area contributed by atoms with Crippen LogP contribution in [0.4, 0.5) is 0 Å². The molecule has 7 rings (SSSR count). The molecule has 0 aliphatic carbocycles. The summed E-state index contributed by atoms with van der Waals surface area (Å²) in [4.78, 5) is 9.94. The third kappa shape index (κ3) is 4.96. The second-order valence-electron chi connectivity index (χ2n) is 11.2. The molecule has 2 aromatic heterocycles. The van der Waals surface area contributed by atoms with Gasteiger partial charge in [-0.25, -0.2) is 4.98 Å². The standard InChI is InChI=1S/C36H27N2OS.Pt/c1-36(2,3)26-19-30(34-33(20-26)40-35(38-34)28-14-8-9-15-32(28)39)29-17-25(16-23-11-6-7-13-27(23)29)31-18-22-10-4-5-12-24(22)21-37-31;/h4-16,18-21,39H,1-3H3;/q-1;. The van der Waals surface area contributed by atoms with Crippen LogP contribution in [-0.4, -0.2) is 15.1 Å². The molecule has 0 saturated heterocycles. The van der Waals surface area contributed by atoms with Crippen molar-refractivity contribution >= 4 is 43.1 Å². The van der Waals surface area contributed by atoms with Crippen LogP contribution in [0.2, 0.25) is 0 Å². The van der Waals surface area contributed by atoms with E-state index >= 15 is 0 Å². The van der Waals surface area contributed by atoms with E-state index in [1.807, 2.05) is 30.5 Å². The molecule has 3 nitrogen and oxygen atoms in total. The topological polar surface area (TPSA) is 46.0 Å². The summed E-state index contributed by atoms with van der Waals surface area (Å²) < 4.78 is 1.09. The van der Waals surface area contributed by atoms with Gasteiger partial charge in [-0.15, -0.1) is 29.0 Å². The zero-order valence-electron chi connectivity index (χ0n) is 22.9. The number of aromatic nitrogens is 2. The van der Waals surface area contributed by atoms with E-state index in [1.54, 1.807) is 17.4 Å². The quantitative estimate of drug-likeness (QED) is 0.184. The maximum atomic E-state index is 10.6. The molecule has 0 spiro atoms. The Morgan fingerprint density at radius 1 is 0.756 bits per heavy atom. The van der Waals surface area contributed by atoms with E-state index < -0.39 is 0 Å². The summed E-state index contributed by atoms with van der Waals surface area (Å²) in [6.45, 7) is 6.71. The molecule has 41 heavy (non-hydrogen) atoms. The van der Waals surface area contributed by atoms with Crippen molar-refractivity contribution in [3.05, 3.63) is 115 Å². The first-order chi connectivity index (χ1) is 19.3. The number of pyridine rings is 1. The van der Waals surface area contributed by atoms with E-state index in [9.17, 15) is 5.11 Å². The van der Waals surface area contributed by atoms with E-state index in [-0.39, 0.29) is 32.2 Å². The molecule has 0 aliphatic rings. The Bertz CT molecular complexity index is 2070. The number of hydrogen-bond donors (Lipinski definition) is 1. The fraction of sp³-hybridized carbons (Fsp3) is 0.111. The van der Waals surface area contributed by atoms with Gasteiger partial charge in [0, 0.05) is 37.7 Å². The van der Waals surface area contributed by atoms with Crippen LogP contribution in [0.5, 0.6) is 5.75 Å². The van der Waals surface area contributed by atoms with Crippen LogP contribution in [0.15, 0.2) is 103 Å². The Morgan fingerprint density at radius 3 is 2.24 bits per heavy atom. The third-order valence-electron chi connectivity index (χ3n) is 7.46. The van der Waals surface area contributed by atoms with Crippen LogP contribution in [0.25, 0.3) is 64.7 Å². The van der Waals surface area contributed by atoms with Crippen molar-refractivity contribution in [1.82, 2.24) is 9.97 Å². The minimum Gasteiger partial charge on any atom is -0.507 e. The van der Waals surface area contributed by atoms with Crippen LogP contribution in [0.1, 0.15) is 26.3 Å². The van der Waals surface area contributed by atoms with Gasteiger partial charge in [0.2, 0.25) is 0 Å². The van der Waals surface area contributed by atoms with Gasteiger partial charge in [-0.1, -0.05) is 115 Å². The van der Waals surface area contributed by atoms with Crippen LogP contribution >= 0.6 is 11.3 Å². The van der Waals surface area contributed by atoms with Crippen molar-refractivity contribution in [3.63, 3.8) is 0 Å². The molecule has 0 amide bonds. The third-order valence-corrected chi connectivity index (χ3v) is 8.50. The molecular formula is C36H27N2OPtS-. The first-order valence-electron chi connectivity index (χ1n) is 13.4. The van der Waals surface area contributed by atoms with Crippen molar-refractivity contribution in [3.8, 4) is 38.7 Å². The molecule has 0 fully saturated rings. The second kappa shape index (κ2) is 10.5. The van der Waals surface area contributed by atoms with E-state index in [4.69, 9.17) is 9.97 Å². The Kier molecular flexibility index (Phi) is 7.01. The largest absolute Gasteiger partial charge is 0.507 e. The number of nitrogens with zero attached hydrogens (tertiary/aromatic N) is 2. The minimum atomic E-state index is -0.0602. The molecule has 0 radical (unpaired) electrons. The van der Waals surface area contributed by atoms with Gasteiger partial charge in [-0.2, -0.15) is 0 Å². The minimum absolute atomic E-state index is 0. The predicted molar refractivity (Wildman–Crippen MR) is 168 cm³/mol. The molecule has 0 unspecified atom stereocenters. The molecule has 0 saturated carbocycles. The number of benzene rings is 5. The molecule has 5 aromatic carbocycles. The van der Waals surface area contributed by atoms with Gasteiger partial charge >= 0.3 is 0 Å². The molecule has 0 atom stereocenters. The van der Waals surface area contributed by atoms with E-state index in [0.29, 0.717) is 0 Å². The van der Waals surface area contributed by atoms with Gasteiger partial charge in [-0.05, 0) is 39.9 Å². The summed E-state index contributed by atoms with van der Waals surface area (Å²) in [5, 5.41) is 15.9. The number of thiazole rings is 1. The summed E-state index contributed by atoms with van der Waals surface area (Å²) in [6, 6.07) is 36.8. The summed E-state index contributed by atoms with van der Waals surface area (Å²) in [5.41, 5.74) is 6.72. The van der Waals surface area contributed by atoms with Crippen LogP contribution in [0, 0.1) is 6.07 Å². The zero-order chi connectivity index (χ0) is 27.4. The average molecular weight is 731 g/mol. The van der Waals surface area contributed by atoms with Gasteiger partial charge in [0.15, 0.2) is 0 Å². The van der Waals surface area contributed by atoms with E-state index in [2.05, 4.69) is 93.6 Å². The SMILES string of the molecule is CC(C)(C)c1cc(-c2[c-]c(-c3cc4ccccc4cn3)cc3ccccc23)c2nc(-c3ccccc3O)sc2c1.[Pt]. The number of phenols is 1. The Balaban J connectivity index is 0.00000302. The summed E-state index contributed by atoms with van der Waals surface area (Å²) >= 11 is 1.61. The number of fused-ring (bicyclic) bond motifs is 3. The molecule has 7 aromatic rings. The number of para-hydroxylation sites is 1. The molecule has 2 heterocycles. The summed E-state index contributed by atoms with van der Waals surface area (Å²) in [6.07, 6.45) is 1.94. The molecule has 0 bridgehead atoms. The molecule has 5 heteroatoms. The van der Waals surface area contributed by atoms with Crippen molar-refractivity contribution in [2.45, 2.75) is 26.2 Å². The predicted octanol–water partition coefficient (Wildman–Crippen LogP) is 9.80. The number of rotatable bonds is 3. The van der Waals surface area contributed by atoms with Crippen LogP contribution < -0.4 is 0 Å². The van der Waals surface area contributed by atoms with Gasteiger partial charge in [0.05, 0.1) is 11.1 Å². The van der Waals surface area contributed by atoms with Gasteiger partial charge < -0.3 is 5.11 Å². The number of aromatic hydroxyl groups is 1. The van der Waals surface area contributed by atoms with E-state index in [0.717, 1.165) is 64.7 Å². The maximum absolute atomic E-state index is 10.6. The van der Waals surface area contributed by atoms with Crippen molar-refractivity contribution in [1.29, 1.82) is 0 Å². The summed E-state index contributed by atoms with van der Waals surface area (Å²) in [7, 11) is 0. The van der Waals surface area contributed by atoms with Crippen molar-refractivity contribution < 1.29 is 26.2 Å². The van der Waals surface area contributed by atoms with Crippen molar-refractivity contribution in [2.75, 3.05) is 0 Å². The molecule has 1 N–H and O–H groups in total. The van der Waals surface area contributed by atoms with Crippen LogP contribution in [0.3, 0.4) is 0 Å². The number of hydrogen-bond acceptors (Lipinski definition) is 4. The summed E-state index contributed by atoms with van der Waals surface area (Å²) in [5.74, 6) is 0.237. The van der Waals surface area contributed by atoms with Crippen LogP contribution in [-0.2, 0) is 26.5 Å². The first-order valence-corrected chi connectivity index (χ1v) is 14.2. The Hall–Kier alpha value is -3.85. The second-order valence-corrected chi connectivity index (χ2v) is 12.2. The maximum Gasteiger partial charge on any atom is 0.127 e. The fourth-order valence-corrected chi connectivity index (χ4v) is 6.31. The van der Waals surface area contributed by atoms with Crippen molar-refractivity contribution in [2.24, 2.45) is 0 Å². The van der Waals surface area contributed by atoms with Gasteiger partial charge in [0.1, 0.15) is 10.8 Å². The number of phenolic OH excluding ortho intramolecular Hbond substituents is 1. The Morgan fingerprint density at radius 2 is 1.46 bits per heavy atom.